The fourth-order valence-electron chi connectivity index (χ4n) is 5.97. The minimum Gasteiger partial charge on any atom is -0.322 e. The van der Waals surface area contributed by atoms with Crippen LogP contribution in [0.1, 0.15) is 68.7 Å². The molecule has 4 heteroatoms. The van der Waals surface area contributed by atoms with Crippen molar-refractivity contribution in [3.05, 3.63) is 154 Å². The zero-order valence-electron chi connectivity index (χ0n) is 21.4. The molecule has 4 nitrogen and oxygen atoms in total. The molecule has 38 heavy (non-hydrogen) atoms. The van der Waals surface area contributed by atoms with Crippen molar-refractivity contribution in [1.82, 2.24) is 0 Å². The van der Waals surface area contributed by atoms with Crippen molar-refractivity contribution in [2.24, 2.45) is 0 Å². The van der Waals surface area contributed by atoms with Gasteiger partial charge in [-0.15, -0.1) is 0 Å². The number of hydrogen-bond donors (Lipinski definition) is 2. The molecule has 2 N–H and O–H groups in total. The number of carbonyl (C=O) groups excluding carboxylic acids is 2. The second-order valence-electron chi connectivity index (χ2n) is 9.76. The van der Waals surface area contributed by atoms with Crippen LogP contribution < -0.4 is 10.6 Å². The van der Waals surface area contributed by atoms with Crippen LogP contribution in [-0.4, -0.2) is 11.8 Å². The van der Waals surface area contributed by atoms with E-state index in [-0.39, 0.29) is 23.7 Å². The second kappa shape index (κ2) is 9.64. The predicted octanol–water partition coefficient (Wildman–Crippen LogP) is 7.67. The number of carbonyl (C=O) groups is 2. The van der Waals surface area contributed by atoms with Gasteiger partial charge in [-0.2, -0.15) is 0 Å². The molecule has 3 aliphatic carbocycles. The van der Waals surface area contributed by atoms with E-state index in [0.717, 1.165) is 22.5 Å². The van der Waals surface area contributed by atoms with Gasteiger partial charge in [-0.1, -0.05) is 78.4 Å². The maximum atomic E-state index is 13.3. The molecule has 0 saturated carbocycles. The number of anilines is 2. The van der Waals surface area contributed by atoms with Gasteiger partial charge in [-0.25, -0.2) is 0 Å². The highest BCUT2D eigenvalue weighted by Gasteiger charge is 2.43. The molecule has 0 aliphatic heterocycles. The summed E-state index contributed by atoms with van der Waals surface area (Å²) >= 11 is 0. The van der Waals surface area contributed by atoms with Crippen LogP contribution >= 0.6 is 0 Å². The van der Waals surface area contributed by atoms with Crippen molar-refractivity contribution in [3.63, 3.8) is 0 Å². The molecule has 4 aromatic rings. The Morgan fingerprint density at radius 2 is 1.08 bits per heavy atom. The first-order valence-corrected chi connectivity index (χ1v) is 12.9. The number of hydrogen-bond acceptors (Lipinski definition) is 2. The Morgan fingerprint density at radius 3 is 1.58 bits per heavy atom. The molecule has 2 unspecified atom stereocenters. The maximum absolute atomic E-state index is 13.3. The normalized spacial score (nSPS) is 17.2. The summed E-state index contributed by atoms with van der Waals surface area (Å²) in [4.78, 5) is 26.5. The van der Waals surface area contributed by atoms with Gasteiger partial charge in [0.2, 0.25) is 0 Å². The number of rotatable bonds is 5. The number of benzene rings is 4. The van der Waals surface area contributed by atoms with Crippen LogP contribution in [0.4, 0.5) is 11.4 Å². The topological polar surface area (TPSA) is 58.2 Å². The van der Waals surface area contributed by atoms with Crippen molar-refractivity contribution in [3.8, 4) is 0 Å². The Bertz CT molecular complexity index is 1620. The van der Waals surface area contributed by atoms with Gasteiger partial charge in [0, 0.05) is 34.3 Å². The Balaban J connectivity index is 1.53. The number of amides is 2. The zero-order valence-corrected chi connectivity index (χ0v) is 21.4. The summed E-state index contributed by atoms with van der Waals surface area (Å²) in [6.07, 6.45) is 4.26. The quantitative estimate of drug-likeness (QED) is 0.298. The molecule has 186 valence electrons. The standard InChI is InChI=1S/C34H28N2O2/c1-3-12-24-21(2)29-25-17-10-11-18-26(25)30(24)32-28(36-34(38)23-15-8-5-9-16-23)20-19-27(31(29)32)35-33(37)22-13-6-4-7-14-22/h3-20,29-30H,1-2H3,(H,35,37)(H,36,38)/b12-3-. The van der Waals surface area contributed by atoms with Gasteiger partial charge in [-0.3, -0.25) is 9.59 Å². The van der Waals surface area contributed by atoms with Crippen LogP contribution in [0.3, 0.4) is 0 Å². The highest BCUT2D eigenvalue weighted by atomic mass is 16.2. The highest BCUT2D eigenvalue weighted by Crippen LogP contribution is 2.59. The lowest BCUT2D eigenvalue weighted by Gasteiger charge is -2.44. The van der Waals surface area contributed by atoms with Crippen LogP contribution in [0.15, 0.2) is 120 Å². The van der Waals surface area contributed by atoms with Gasteiger partial charge < -0.3 is 10.6 Å². The average molecular weight is 497 g/mol. The first-order valence-electron chi connectivity index (χ1n) is 12.9. The Hall–Kier alpha value is -4.70. The van der Waals surface area contributed by atoms with Gasteiger partial charge in [0.1, 0.15) is 0 Å². The summed E-state index contributed by atoms with van der Waals surface area (Å²) in [6, 6.07) is 30.9. The van der Waals surface area contributed by atoms with E-state index in [1.165, 1.54) is 22.3 Å². The first kappa shape index (κ1) is 23.7. The minimum atomic E-state index is -0.156. The molecule has 2 atom stereocenters. The molecule has 0 heterocycles. The molecule has 7 rings (SSSR count). The summed E-state index contributed by atoms with van der Waals surface area (Å²) in [7, 11) is 0. The smallest absolute Gasteiger partial charge is 0.255 e. The Morgan fingerprint density at radius 1 is 0.632 bits per heavy atom. The SMILES string of the molecule is C/C=C\C1=C(C)C2c3ccccc3C1c1c(NC(=O)c3ccccc3)ccc(NC(=O)c3ccccc3)c12. The molecule has 0 radical (unpaired) electrons. The van der Waals surface area contributed by atoms with E-state index in [9.17, 15) is 9.59 Å². The van der Waals surface area contributed by atoms with E-state index in [0.29, 0.717) is 11.1 Å². The lowest BCUT2D eigenvalue weighted by atomic mass is 9.60. The van der Waals surface area contributed by atoms with E-state index in [2.05, 4.69) is 54.0 Å². The third kappa shape index (κ3) is 3.86. The summed E-state index contributed by atoms with van der Waals surface area (Å²) in [5.74, 6) is -0.394. The zero-order chi connectivity index (χ0) is 26.2. The van der Waals surface area contributed by atoms with Crippen molar-refractivity contribution < 1.29 is 9.59 Å². The summed E-state index contributed by atoms with van der Waals surface area (Å²) in [5, 5.41) is 6.38. The van der Waals surface area contributed by atoms with Crippen LogP contribution in [0.2, 0.25) is 0 Å². The van der Waals surface area contributed by atoms with Gasteiger partial charge in [0.25, 0.3) is 11.8 Å². The highest BCUT2D eigenvalue weighted by molar-refractivity contribution is 6.07. The van der Waals surface area contributed by atoms with Crippen molar-refractivity contribution >= 4 is 23.2 Å². The van der Waals surface area contributed by atoms with Gasteiger partial charge in [-0.05, 0) is 78.1 Å². The van der Waals surface area contributed by atoms with Crippen LogP contribution in [0.25, 0.3) is 0 Å². The van der Waals surface area contributed by atoms with E-state index in [1.807, 2.05) is 79.7 Å². The van der Waals surface area contributed by atoms with E-state index in [4.69, 9.17) is 0 Å². The van der Waals surface area contributed by atoms with E-state index in [1.54, 1.807) is 0 Å². The van der Waals surface area contributed by atoms with Gasteiger partial charge >= 0.3 is 0 Å². The monoisotopic (exact) mass is 496 g/mol. The molecule has 0 saturated heterocycles. The third-order valence-corrected chi connectivity index (χ3v) is 7.60. The van der Waals surface area contributed by atoms with Crippen LogP contribution in [0, 0.1) is 0 Å². The molecule has 0 fully saturated rings. The second-order valence-corrected chi connectivity index (χ2v) is 9.76. The van der Waals surface area contributed by atoms with Gasteiger partial charge in [0.05, 0.1) is 0 Å². The minimum absolute atomic E-state index is 0.0305. The van der Waals surface area contributed by atoms with Crippen LogP contribution in [-0.2, 0) is 0 Å². The fourth-order valence-corrected chi connectivity index (χ4v) is 5.97. The molecule has 4 aromatic carbocycles. The van der Waals surface area contributed by atoms with Gasteiger partial charge in [0.15, 0.2) is 0 Å². The lowest BCUT2D eigenvalue weighted by Crippen LogP contribution is -2.30. The first-order chi connectivity index (χ1) is 18.6. The molecular formula is C34H28N2O2. The predicted molar refractivity (Wildman–Crippen MR) is 153 cm³/mol. The molecular weight excluding hydrogens is 468 g/mol. The number of allylic oxidation sites excluding steroid dienone is 4. The fraction of sp³-hybridized carbons (Fsp3) is 0.118. The Kier molecular flexibility index (Phi) is 6.01. The molecule has 0 aromatic heterocycles. The number of nitrogens with one attached hydrogen (secondary N) is 2. The molecule has 3 aliphatic rings. The Labute approximate surface area is 222 Å². The summed E-state index contributed by atoms with van der Waals surface area (Å²) in [6.45, 7) is 4.22. The maximum Gasteiger partial charge on any atom is 0.255 e. The lowest BCUT2D eigenvalue weighted by molar-refractivity contribution is 0.101. The summed E-state index contributed by atoms with van der Waals surface area (Å²) in [5.41, 5.74) is 9.84. The molecule has 2 bridgehead atoms. The van der Waals surface area contributed by atoms with Crippen molar-refractivity contribution in [2.75, 3.05) is 10.6 Å². The summed E-state index contributed by atoms with van der Waals surface area (Å²) < 4.78 is 0. The molecule has 0 spiro atoms. The van der Waals surface area contributed by atoms with Crippen molar-refractivity contribution in [1.29, 1.82) is 0 Å². The van der Waals surface area contributed by atoms with E-state index >= 15 is 0 Å². The van der Waals surface area contributed by atoms with E-state index < -0.39 is 0 Å². The third-order valence-electron chi connectivity index (χ3n) is 7.60. The molecule has 2 amide bonds. The van der Waals surface area contributed by atoms with Crippen molar-refractivity contribution in [2.45, 2.75) is 25.7 Å². The average Bonchev–Trinajstić information content (AvgIpc) is 2.96. The largest absolute Gasteiger partial charge is 0.322 e. The van der Waals surface area contributed by atoms with Crippen LogP contribution in [0.5, 0.6) is 0 Å².